The molecule has 0 radical (unpaired) electrons. The Kier molecular flexibility index (Phi) is 5.14. The third-order valence-corrected chi connectivity index (χ3v) is 5.39. The molecule has 0 saturated heterocycles. The number of carbonyl (C=O) groups is 1. The van der Waals surface area contributed by atoms with Crippen molar-refractivity contribution in [1.82, 2.24) is 9.97 Å². The van der Waals surface area contributed by atoms with Gasteiger partial charge in [0.15, 0.2) is 0 Å². The quantitative estimate of drug-likeness (QED) is 0.507. The van der Waals surface area contributed by atoms with E-state index in [1.807, 2.05) is 60.8 Å². The summed E-state index contributed by atoms with van der Waals surface area (Å²) in [6.07, 6.45) is 0. The summed E-state index contributed by atoms with van der Waals surface area (Å²) in [4.78, 5) is 34.8. The molecule has 2 aromatic carbocycles. The van der Waals surface area contributed by atoms with Crippen LogP contribution in [0.25, 0.3) is 21.3 Å². The Labute approximate surface area is 171 Å². The van der Waals surface area contributed by atoms with Crippen molar-refractivity contribution in [1.29, 1.82) is 0 Å². The zero-order valence-corrected chi connectivity index (χ0v) is 16.8. The Balaban J connectivity index is 1.56. The molecular weight excluding hydrogens is 386 g/mol. The molecule has 1 N–H and O–H groups in total. The van der Waals surface area contributed by atoms with Crippen LogP contribution in [0.15, 0.2) is 64.8 Å². The number of esters is 1. The number of H-pyrrole nitrogens is 1. The normalized spacial score (nSPS) is 10.8. The van der Waals surface area contributed by atoms with Gasteiger partial charge in [0.25, 0.3) is 5.56 Å². The first-order chi connectivity index (χ1) is 14.0. The molecule has 0 bridgehead atoms. The van der Waals surface area contributed by atoms with E-state index >= 15 is 0 Å². The number of ether oxygens (including phenoxy) is 1. The van der Waals surface area contributed by atoms with Crippen LogP contribution in [-0.2, 0) is 11.3 Å². The molecule has 146 valence electrons. The van der Waals surface area contributed by atoms with Crippen molar-refractivity contribution in [3.8, 4) is 11.1 Å². The fourth-order valence-corrected chi connectivity index (χ4v) is 3.99. The van der Waals surface area contributed by atoms with Gasteiger partial charge in [0.2, 0.25) is 0 Å². The van der Waals surface area contributed by atoms with Gasteiger partial charge in [0.05, 0.1) is 10.9 Å². The number of anilines is 1. The van der Waals surface area contributed by atoms with E-state index in [2.05, 4.69) is 9.97 Å². The van der Waals surface area contributed by atoms with E-state index in [1.54, 1.807) is 18.2 Å². The number of thiophene rings is 1. The van der Waals surface area contributed by atoms with Crippen LogP contribution in [0, 0.1) is 0 Å². The van der Waals surface area contributed by atoms with E-state index in [9.17, 15) is 9.59 Å². The van der Waals surface area contributed by atoms with E-state index in [4.69, 9.17) is 4.74 Å². The fourth-order valence-electron chi connectivity index (χ4n) is 3.02. The highest BCUT2D eigenvalue weighted by Crippen LogP contribution is 2.30. The van der Waals surface area contributed by atoms with Crippen molar-refractivity contribution in [3.63, 3.8) is 0 Å². The lowest BCUT2D eigenvalue weighted by molar-refractivity contribution is 0.0462. The van der Waals surface area contributed by atoms with Gasteiger partial charge in [-0.05, 0) is 23.8 Å². The summed E-state index contributed by atoms with van der Waals surface area (Å²) in [5, 5.41) is 2.47. The van der Waals surface area contributed by atoms with Crippen LogP contribution >= 0.6 is 11.3 Å². The van der Waals surface area contributed by atoms with E-state index < -0.39 is 5.97 Å². The molecule has 6 nitrogen and oxygen atoms in total. The average Bonchev–Trinajstić information content (AvgIpc) is 3.17. The van der Waals surface area contributed by atoms with Crippen molar-refractivity contribution < 1.29 is 9.53 Å². The molecular formula is C22H19N3O3S. The second-order valence-corrected chi connectivity index (χ2v) is 7.59. The number of aromatic amines is 1. The van der Waals surface area contributed by atoms with Crippen LogP contribution in [0.5, 0.6) is 0 Å². The first kappa shape index (κ1) is 18.9. The minimum atomic E-state index is -0.465. The summed E-state index contributed by atoms with van der Waals surface area (Å²) < 4.78 is 5.36. The van der Waals surface area contributed by atoms with Crippen LogP contribution < -0.4 is 10.5 Å². The van der Waals surface area contributed by atoms with Crippen LogP contribution in [0.1, 0.15) is 16.2 Å². The summed E-state index contributed by atoms with van der Waals surface area (Å²) in [6, 6.07) is 16.9. The molecule has 2 aromatic heterocycles. The van der Waals surface area contributed by atoms with E-state index in [0.29, 0.717) is 21.6 Å². The summed E-state index contributed by atoms with van der Waals surface area (Å²) in [5.74, 6) is -0.145. The van der Waals surface area contributed by atoms with Crippen LogP contribution in [-0.4, -0.2) is 30.0 Å². The van der Waals surface area contributed by atoms with Crippen molar-refractivity contribution in [3.05, 3.63) is 81.7 Å². The largest absolute Gasteiger partial charge is 0.454 e. The molecule has 0 saturated carbocycles. The number of fused-ring (bicyclic) bond motifs is 1. The van der Waals surface area contributed by atoms with Gasteiger partial charge < -0.3 is 14.6 Å². The van der Waals surface area contributed by atoms with Gasteiger partial charge in [-0.15, -0.1) is 11.3 Å². The minimum absolute atomic E-state index is 0.102. The number of aromatic nitrogens is 2. The maximum atomic E-state index is 12.7. The standard InChI is InChI=1S/C22H19N3O3S/c1-25(2)16-10-6-9-15(11-16)22(27)28-12-18-23-20(26)19-17(13-29-21(19)24-18)14-7-4-3-5-8-14/h3-11,13H,12H2,1-2H3,(H,23,24,26). The summed E-state index contributed by atoms with van der Waals surface area (Å²) in [5.41, 5.74) is 2.92. The maximum absolute atomic E-state index is 12.7. The first-order valence-corrected chi connectivity index (χ1v) is 9.91. The summed E-state index contributed by atoms with van der Waals surface area (Å²) in [6.45, 7) is -0.102. The number of rotatable bonds is 5. The molecule has 0 atom stereocenters. The number of nitrogens with one attached hydrogen (secondary N) is 1. The molecule has 4 rings (SSSR count). The molecule has 0 aliphatic carbocycles. The highest BCUT2D eigenvalue weighted by molar-refractivity contribution is 7.17. The number of nitrogens with zero attached hydrogens (tertiary/aromatic N) is 2. The molecule has 0 fully saturated rings. The molecule has 2 heterocycles. The third kappa shape index (κ3) is 3.90. The Morgan fingerprint density at radius 1 is 1.14 bits per heavy atom. The highest BCUT2D eigenvalue weighted by atomic mass is 32.1. The van der Waals surface area contributed by atoms with Gasteiger partial charge in [0.1, 0.15) is 17.3 Å². The Morgan fingerprint density at radius 2 is 1.93 bits per heavy atom. The molecule has 7 heteroatoms. The predicted octanol–water partition coefficient (Wildman–Crippen LogP) is 4.07. The third-order valence-electron chi connectivity index (χ3n) is 4.52. The van der Waals surface area contributed by atoms with Gasteiger partial charge in [-0.25, -0.2) is 9.78 Å². The van der Waals surface area contributed by atoms with E-state index in [-0.39, 0.29) is 12.2 Å². The molecule has 4 aromatic rings. The summed E-state index contributed by atoms with van der Waals surface area (Å²) in [7, 11) is 3.80. The Bertz CT molecular complexity index is 1230. The van der Waals surface area contributed by atoms with E-state index in [0.717, 1.165) is 16.8 Å². The fraction of sp³-hybridized carbons (Fsp3) is 0.136. The summed E-state index contributed by atoms with van der Waals surface area (Å²) >= 11 is 1.40. The van der Waals surface area contributed by atoms with Crippen LogP contribution in [0.2, 0.25) is 0 Å². The smallest absolute Gasteiger partial charge is 0.338 e. The lowest BCUT2D eigenvalue weighted by Gasteiger charge is -2.13. The van der Waals surface area contributed by atoms with Gasteiger partial charge in [0, 0.05) is 30.7 Å². The molecule has 0 aliphatic rings. The second-order valence-electron chi connectivity index (χ2n) is 6.73. The van der Waals surface area contributed by atoms with Gasteiger partial charge in [-0.2, -0.15) is 0 Å². The molecule has 0 amide bonds. The van der Waals surface area contributed by atoms with Crippen molar-refractivity contribution >= 4 is 33.2 Å². The Morgan fingerprint density at radius 3 is 2.69 bits per heavy atom. The van der Waals surface area contributed by atoms with Gasteiger partial charge in [-0.3, -0.25) is 4.79 Å². The van der Waals surface area contributed by atoms with Gasteiger partial charge in [-0.1, -0.05) is 36.4 Å². The molecule has 0 unspecified atom stereocenters. The van der Waals surface area contributed by atoms with Crippen molar-refractivity contribution in [2.75, 3.05) is 19.0 Å². The second kappa shape index (κ2) is 7.89. The maximum Gasteiger partial charge on any atom is 0.338 e. The number of benzene rings is 2. The SMILES string of the molecule is CN(C)c1cccc(C(=O)OCc2nc3scc(-c4ccccc4)c3c(=O)[nH]2)c1. The minimum Gasteiger partial charge on any atom is -0.454 e. The first-order valence-electron chi connectivity index (χ1n) is 9.03. The zero-order chi connectivity index (χ0) is 20.4. The van der Waals surface area contributed by atoms with Crippen LogP contribution in [0.3, 0.4) is 0 Å². The lowest BCUT2D eigenvalue weighted by atomic mass is 10.1. The lowest BCUT2D eigenvalue weighted by Crippen LogP contribution is -2.14. The number of carbonyl (C=O) groups excluding carboxylic acids is 1. The van der Waals surface area contributed by atoms with Crippen LogP contribution in [0.4, 0.5) is 5.69 Å². The molecule has 0 aliphatic heterocycles. The molecule has 0 spiro atoms. The zero-order valence-electron chi connectivity index (χ0n) is 16.0. The monoisotopic (exact) mass is 405 g/mol. The average molecular weight is 405 g/mol. The number of hydrogen-bond donors (Lipinski definition) is 1. The number of hydrogen-bond acceptors (Lipinski definition) is 6. The van der Waals surface area contributed by atoms with E-state index in [1.165, 1.54) is 11.3 Å². The predicted molar refractivity (Wildman–Crippen MR) is 116 cm³/mol. The highest BCUT2D eigenvalue weighted by Gasteiger charge is 2.14. The molecule has 29 heavy (non-hydrogen) atoms. The van der Waals surface area contributed by atoms with Gasteiger partial charge >= 0.3 is 5.97 Å². The van der Waals surface area contributed by atoms with Crippen molar-refractivity contribution in [2.24, 2.45) is 0 Å². The van der Waals surface area contributed by atoms with Crippen molar-refractivity contribution in [2.45, 2.75) is 6.61 Å². The topological polar surface area (TPSA) is 75.3 Å². The Hall–Kier alpha value is -3.45.